The Labute approximate surface area is 137 Å². The highest BCUT2D eigenvalue weighted by Gasteiger charge is 2.25. The Morgan fingerprint density at radius 3 is 2.91 bits per heavy atom. The van der Waals surface area contributed by atoms with Crippen LogP contribution in [-0.4, -0.2) is 23.4 Å². The lowest BCUT2D eigenvalue weighted by molar-refractivity contribution is 0.0958. The monoisotopic (exact) mass is 318 g/mol. The predicted octanol–water partition coefficient (Wildman–Crippen LogP) is 4.09. The van der Waals surface area contributed by atoms with Gasteiger partial charge in [-0.3, -0.25) is 9.69 Å². The highest BCUT2D eigenvalue weighted by Crippen LogP contribution is 2.32. The summed E-state index contributed by atoms with van der Waals surface area (Å²) in [5, 5.41) is 3.09. The number of fused-ring (bicyclic) bond motifs is 1. The molecule has 0 bridgehead atoms. The second kappa shape index (κ2) is 6.97. The lowest BCUT2D eigenvalue weighted by Gasteiger charge is -2.19. The minimum atomic E-state index is 0.104. The maximum Gasteiger partial charge on any atom is 0.261 e. The van der Waals surface area contributed by atoms with Crippen molar-refractivity contribution in [1.29, 1.82) is 0 Å². The SMILES string of the molecule is CC(C)N1Cc2cc(C(=O)NCCC3=CCCCC3)sc2C1. The fourth-order valence-corrected chi connectivity index (χ4v) is 4.34. The Balaban J connectivity index is 1.50. The number of rotatable bonds is 5. The lowest BCUT2D eigenvalue weighted by Crippen LogP contribution is -2.25. The first-order valence-corrected chi connectivity index (χ1v) is 9.27. The molecule has 3 rings (SSSR count). The van der Waals surface area contributed by atoms with Gasteiger partial charge in [0.25, 0.3) is 5.91 Å². The summed E-state index contributed by atoms with van der Waals surface area (Å²) < 4.78 is 0. The van der Waals surface area contributed by atoms with E-state index in [4.69, 9.17) is 0 Å². The first-order valence-electron chi connectivity index (χ1n) is 8.45. The highest BCUT2D eigenvalue weighted by molar-refractivity contribution is 7.14. The van der Waals surface area contributed by atoms with Gasteiger partial charge in [-0.05, 0) is 57.6 Å². The fraction of sp³-hybridized carbons (Fsp3) is 0.611. The third-order valence-corrected chi connectivity index (χ3v) is 5.85. The molecule has 1 N–H and O–H groups in total. The van der Waals surface area contributed by atoms with Crippen molar-refractivity contribution in [1.82, 2.24) is 10.2 Å². The smallest absolute Gasteiger partial charge is 0.261 e. The summed E-state index contributed by atoms with van der Waals surface area (Å²) in [6, 6.07) is 2.66. The second-order valence-corrected chi connectivity index (χ2v) is 7.81. The summed E-state index contributed by atoms with van der Waals surface area (Å²) in [6.07, 6.45) is 8.43. The zero-order valence-corrected chi connectivity index (χ0v) is 14.5. The van der Waals surface area contributed by atoms with Gasteiger partial charge in [0.05, 0.1) is 4.88 Å². The van der Waals surface area contributed by atoms with Crippen molar-refractivity contribution in [3.05, 3.63) is 33.0 Å². The van der Waals surface area contributed by atoms with Gasteiger partial charge in [-0.25, -0.2) is 0 Å². The number of hydrogen-bond donors (Lipinski definition) is 1. The van der Waals surface area contributed by atoms with Crippen molar-refractivity contribution in [2.75, 3.05) is 6.54 Å². The molecule has 0 unspecified atom stereocenters. The molecule has 1 aliphatic carbocycles. The first-order chi connectivity index (χ1) is 10.6. The van der Waals surface area contributed by atoms with Crippen LogP contribution in [0.1, 0.15) is 66.1 Å². The van der Waals surface area contributed by atoms with E-state index in [1.807, 2.05) is 0 Å². The number of carbonyl (C=O) groups is 1. The van der Waals surface area contributed by atoms with Gasteiger partial charge in [0.2, 0.25) is 0 Å². The lowest BCUT2D eigenvalue weighted by atomic mass is 9.97. The summed E-state index contributed by atoms with van der Waals surface area (Å²) >= 11 is 1.67. The van der Waals surface area contributed by atoms with Crippen molar-refractivity contribution in [2.45, 2.75) is 65.1 Å². The average molecular weight is 318 g/mol. The molecule has 4 heteroatoms. The van der Waals surface area contributed by atoms with Crippen LogP contribution in [0.15, 0.2) is 17.7 Å². The molecule has 120 valence electrons. The van der Waals surface area contributed by atoms with Gasteiger partial charge < -0.3 is 5.32 Å². The van der Waals surface area contributed by atoms with Gasteiger partial charge >= 0.3 is 0 Å². The molecule has 1 aliphatic heterocycles. The largest absolute Gasteiger partial charge is 0.351 e. The Kier molecular flexibility index (Phi) is 4.99. The van der Waals surface area contributed by atoms with Crippen LogP contribution >= 0.6 is 11.3 Å². The molecule has 0 radical (unpaired) electrons. The molecular weight excluding hydrogens is 292 g/mol. The topological polar surface area (TPSA) is 32.3 Å². The molecule has 0 aromatic carbocycles. The van der Waals surface area contributed by atoms with Crippen LogP contribution in [0.25, 0.3) is 0 Å². The van der Waals surface area contributed by atoms with E-state index < -0.39 is 0 Å². The number of allylic oxidation sites excluding steroid dienone is 1. The molecule has 0 saturated carbocycles. The molecule has 3 nitrogen and oxygen atoms in total. The van der Waals surface area contributed by atoms with Crippen molar-refractivity contribution in [2.24, 2.45) is 0 Å². The zero-order valence-electron chi connectivity index (χ0n) is 13.7. The van der Waals surface area contributed by atoms with Gasteiger partial charge in [-0.15, -0.1) is 11.3 Å². The molecule has 2 heterocycles. The minimum Gasteiger partial charge on any atom is -0.351 e. The molecule has 2 aliphatic rings. The second-order valence-electron chi connectivity index (χ2n) is 6.67. The maximum atomic E-state index is 12.3. The number of hydrogen-bond acceptors (Lipinski definition) is 3. The van der Waals surface area contributed by atoms with Crippen LogP contribution in [0.4, 0.5) is 0 Å². The normalized spacial score (nSPS) is 18.4. The van der Waals surface area contributed by atoms with Gasteiger partial charge in [-0.2, -0.15) is 0 Å². The van der Waals surface area contributed by atoms with Crippen molar-refractivity contribution in [3.8, 4) is 0 Å². The molecular formula is C18H26N2OS. The van der Waals surface area contributed by atoms with E-state index in [-0.39, 0.29) is 5.91 Å². The Morgan fingerprint density at radius 2 is 2.23 bits per heavy atom. The van der Waals surface area contributed by atoms with E-state index in [2.05, 4.69) is 36.2 Å². The van der Waals surface area contributed by atoms with Gasteiger partial charge in [0.1, 0.15) is 0 Å². The Bertz CT molecular complexity index is 550. The maximum absolute atomic E-state index is 12.3. The van der Waals surface area contributed by atoms with E-state index in [9.17, 15) is 4.79 Å². The quantitative estimate of drug-likeness (QED) is 0.829. The van der Waals surface area contributed by atoms with E-state index in [1.54, 1.807) is 11.3 Å². The number of carbonyl (C=O) groups excluding carboxylic acids is 1. The molecule has 0 saturated heterocycles. The van der Waals surface area contributed by atoms with Gasteiger partial charge in [0, 0.05) is 30.6 Å². The molecule has 0 atom stereocenters. The number of amides is 1. The molecule has 1 aromatic heterocycles. The summed E-state index contributed by atoms with van der Waals surface area (Å²) in [4.78, 5) is 17.0. The highest BCUT2D eigenvalue weighted by atomic mass is 32.1. The Hall–Kier alpha value is -1.13. The number of thiophene rings is 1. The standard InChI is InChI=1S/C18H26N2OS/c1-13(2)20-11-15-10-16(22-17(15)12-20)18(21)19-9-8-14-6-4-3-5-7-14/h6,10,13H,3-5,7-9,11-12H2,1-2H3,(H,19,21). The van der Waals surface area contributed by atoms with E-state index >= 15 is 0 Å². The molecule has 1 aromatic rings. The molecule has 0 spiro atoms. The van der Waals surface area contributed by atoms with Gasteiger partial charge in [0.15, 0.2) is 0 Å². The van der Waals surface area contributed by atoms with Crippen LogP contribution in [0.5, 0.6) is 0 Å². The van der Waals surface area contributed by atoms with E-state index in [1.165, 1.54) is 41.7 Å². The van der Waals surface area contributed by atoms with Crippen LogP contribution < -0.4 is 5.32 Å². The van der Waals surface area contributed by atoms with Crippen molar-refractivity contribution in [3.63, 3.8) is 0 Å². The van der Waals surface area contributed by atoms with Crippen molar-refractivity contribution < 1.29 is 4.79 Å². The molecule has 1 amide bonds. The fourth-order valence-electron chi connectivity index (χ4n) is 3.23. The van der Waals surface area contributed by atoms with Crippen LogP contribution in [0.3, 0.4) is 0 Å². The van der Waals surface area contributed by atoms with Crippen LogP contribution in [0.2, 0.25) is 0 Å². The minimum absolute atomic E-state index is 0.104. The summed E-state index contributed by atoms with van der Waals surface area (Å²) in [5.41, 5.74) is 2.87. The summed E-state index contributed by atoms with van der Waals surface area (Å²) in [5.74, 6) is 0.104. The third kappa shape index (κ3) is 3.61. The summed E-state index contributed by atoms with van der Waals surface area (Å²) in [7, 11) is 0. The number of nitrogens with zero attached hydrogens (tertiary/aromatic N) is 1. The van der Waals surface area contributed by atoms with Gasteiger partial charge in [-0.1, -0.05) is 11.6 Å². The Morgan fingerprint density at radius 1 is 1.36 bits per heavy atom. The van der Waals surface area contributed by atoms with E-state index in [0.717, 1.165) is 30.9 Å². The molecule has 22 heavy (non-hydrogen) atoms. The predicted molar refractivity (Wildman–Crippen MR) is 92.2 cm³/mol. The van der Waals surface area contributed by atoms with Crippen LogP contribution in [-0.2, 0) is 13.1 Å². The molecule has 0 fully saturated rings. The zero-order chi connectivity index (χ0) is 15.5. The third-order valence-electron chi connectivity index (χ3n) is 4.69. The van der Waals surface area contributed by atoms with Crippen LogP contribution in [0, 0.1) is 0 Å². The van der Waals surface area contributed by atoms with Crippen molar-refractivity contribution >= 4 is 17.2 Å². The first kappa shape index (κ1) is 15.8. The summed E-state index contributed by atoms with van der Waals surface area (Å²) in [6.45, 7) is 7.21. The average Bonchev–Trinajstić information content (AvgIpc) is 3.06. The number of nitrogens with one attached hydrogen (secondary N) is 1. The van der Waals surface area contributed by atoms with E-state index in [0.29, 0.717) is 6.04 Å².